The van der Waals surface area contributed by atoms with Gasteiger partial charge in [-0.2, -0.15) is 0 Å². The Morgan fingerprint density at radius 2 is 2.31 bits per heavy atom. The maximum atomic E-state index is 11.5. The van der Waals surface area contributed by atoms with Crippen molar-refractivity contribution in [3.63, 3.8) is 0 Å². The highest BCUT2D eigenvalue weighted by Gasteiger charge is 2.30. The molecule has 0 saturated carbocycles. The molecule has 0 aromatic carbocycles. The lowest BCUT2D eigenvalue weighted by atomic mass is 9.99. The SMILES string of the molecule is O=S1(=O)C=CC2=NC3=C(CCC(Br)N3)C2=C1. The topological polar surface area (TPSA) is 58.5 Å². The molecular weight excluding hydrogens is 292 g/mol. The first-order chi connectivity index (χ1) is 7.55. The minimum atomic E-state index is -3.20. The Hall–Kier alpha value is -0.880. The van der Waals surface area contributed by atoms with Crippen LogP contribution in [-0.2, 0) is 9.84 Å². The van der Waals surface area contributed by atoms with Crippen LogP contribution in [0, 0.1) is 0 Å². The van der Waals surface area contributed by atoms with Gasteiger partial charge in [-0.1, -0.05) is 15.9 Å². The average molecular weight is 301 g/mol. The summed E-state index contributed by atoms with van der Waals surface area (Å²) in [7, 11) is -3.20. The van der Waals surface area contributed by atoms with Gasteiger partial charge in [0.15, 0.2) is 9.84 Å². The van der Waals surface area contributed by atoms with Gasteiger partial charge in [0.25, 0.3) is 0 Å². The van der Waals surface area contributed by atoms with Crippen molar-refractivity contribution >= 4 is 31.5 Å². The molecule has 0 bridgehead atoms. The van der Waals surface area contributed by atoms with E-state index in [0.29, 0.717) is 0 Å². The number of allylic oxidation sites excluding steroid dienone is 3. The number of halogens is 1. The molecule has 6 heteroatoms. The second-order valence-electron chi connectivity index (χ2n) is 3.90. The van der Waals surface area contributed by atoms with Gasteiger partial charge < -0.3 is 5.32 Å². The van der Waals surface area contributed by atoms with Gasteiger partial charge in [-0.3, -0.25) is 0 Å². The minimum absolute atomic E-state index is 0.219. The Bertz CT molecular complexity index is 584. The fraction of sp³-hybridized carbons (Fsp3) is 0.300. The van der Waals surface area contributed by atoms with Gasteiger partial charge in [0.1, 0.15) is 5.82 Å². The van der Waals surface area contributed by atoms with Crippen LogP contribution in [-0.4, -0.2) is 19.1 Å². The zero-order valence-corrected chi connectivity index (χ0v) is 10.7. The van der Waals surface area contributed by atoms with Gasteiger partial charge in [-0.05, 0) is 18.9 Å². The highest BCUT2D eigenvalue weighted by atomic mass is 79.9. The van der Waals surface area contributed by atoms with E-state index in [0.717, 1.165) is 35.5 Å². The van der Waals surface area contributed by atoms with Crippen molar-refractivity contribution in [2.24, 2.45) is 4.99 Å². The number of sulfone groups is 1. The summed E-state index contributed by atoms with van der Waals surface area (Å²) in [5, 5.41) is 5.71. The van der Waals surface area contributed by atoms with Crippen molar-refractivity contribution in [3.05, 3.63) is 33.9 Å². The molecule has 3 aliphatic heterocycles. The average Bonchev–Trinajstić information content (AvgIpc) is 2.53. The van der Waals surface area contributed by atoms with E-state index >= 15 is 0 Å². The van der Waals surface area contributed by atoms with Crippen LogP contribution in [0.15, 0.2) is 38.9 Å². The molecule has 0 saturated heterocycles. The van der Waals surface area contributed by atoms with Crippen molar-refractivity contribution in [1.82, 2.24) is 5.32 Å². The predicted molar refractivity (Wildman–Crippen MR) is 65.7 cm³/mol. The van der Waals surface area contributed by atoms with Crippen LogP contribution in [0.4, 0.5) is 0 Å². The monoisotopic (exact) mass is 300 g/mol. The first-order valence-electron chi connectivity index (χ1n) is 4.93. The zero-order chi connectivity index (χ0) is 11.3. The van der Waals surface area contributed by atoms with Gasteiger partial charge >= 0.3 is 0 Å². The number of nitrogens with one attached hydrogen (secondary N) is 1. The normalized spacial score (nSPS) is 30.2. The highest BCUT2D eigenvalue weighted by molar-refractivity contribution is 9.09. The summed E-state index contributed by atoms with van der Waals surface area (Å²) in [6, 6.07) is 0. The molecule has 0 amide bonds. The van der Waals surface area contributed by atoms with Crippen molar-refractivity contribution < 1.29 is 8.42 Å². The van der Waals surface area contributed by atoms with E-state index in [-0.39, 0.29) is 4.95 Å². The predicted octanol–water partition coefficient (Wildman–Crippen LogP) is 1.58. The first kappa shape index (κ1) is 10.3. The lowest BCUT2D eigenvalue weighted by Crippen LogP contribution is -2.26. The number of hydrogen-bond donors (Lipinski definition) is 1. The molecule has 1 unspecified atom stereocenters. The van der Waals surface area contributed by atoms with Crippen LogP contribution in [0.25, 0.3) is 0 Å². The fourth-order valence-electron chi connectivity index (χ4n) is 2.02. The Morgan fingerprint density at radius 3 is 3.12 bits per heavy atom. The molecule has 16 heavy (non-hydrogen) atoms. The molecule has 0 fully saturated rings. The molecule has 0 aliphatic carbocycles. The minimum Gasteiger partial charge on any atom is -0.357 e. The third-order valence-corrected chi connectivity index (χ3v) is 4.52. The number of nitrogens with zero attached hydrogens (tertiary/aromatic N) is 1. The van der Waals surface area contributed by atoms with E-state index in [2.05, 4.69) is 26.2 Å². The van der Waals surface area contributed by atoms with E-state index in [1.54, 1.807) is 6.08 Å². The van der Waals surface area contributed by atoms with Crippen LogP contribution in [0.2, 0.25) is 0 Å². The summed E-state index contributed by atoms with van der Waals surface area (Å²) in [6.45, 7) is 0. The van der Waals surface area contributed by atoms with Crippen molar-refractivity contribution in [2.75, 3.05) is 0 Å². The van der Waals surface area contributed by atoms with Gasteiger partial charge in [0.05, 0.1) is 10.7 Å². The number of rotatable bonds is 0. The van der Waals surface area contributed by atoms with Gasteiger partial charge in [0.2, 0.25) is 0 Å². The third kappa shape index (κ3) is 1.56. The summed E-state index contributed by atoms with van der Waals surface area (Å²) in [6.07, 6.45) is 3.34. The fourth-order valence-corrected chi connectivity index (χ4v) is 3.45. The van der Waals surface area contributed by atoms with E-state index in [4.69, 9.17) is 0 Å². The molecule has 3 heterocycles. The van der Waals surface area contributed by atoms with Crippen molar-refractivity contribution in [3.8, 4) is 0 Å². The Kier molecular flexibility index (Phi) is 2.12. The molecule has 3 rings (SSSR count). The largest absolute Gasteiger partial charge is 0.357 e. The highest BCUT2D eigenvalue weighted by Crippen LogP contribution is 2.35. The number of fused-ring (bicyclic) bond motifs is 2. The molecule has 84 valence electrons. The smallest absolute Gasteiger partial charge is 0.193 e. The third-order valence-electron chi connectivity index (χ3n) is 2.76. The maximum Gasteiger partial charge on any atom is 0.193 e. The summed E-state index contributed by atoms with van der Waals surface area (Å²) in [4.78, 5) is 4.60. The molecule has 1 N–H and O–H groups in total. The standard InChI is InChI=1S/C10H9BrN2O2S/c11-9-2-1-6-7-5-16(14,15)4-3-8(7)12-10(6)13-9/h3-5,9,13H,1-2H2. The van der Waals surface area contributed by atoms with E-state index < -0.39 is 9.84 Å². The Morgan fingerprint density at radius 1 is 1.50 bits per heavy atom. The van der Waals surface area contributed by atoms with Crippen LogP contribution in [0.3, 0.4) is 0 Å². The number of hydrogen-bond acceptors (Lipinski definition) is 4. The van der Waals surface area contributed by atoms with Gasteiger partial charge in [0, 0.05) is 22.0 Å². The lowest BCUT2D eigenvalue weighted by Gasteiger charge is -2.20. The second kappa shape index (κ2) is 3.30. The lowest BCUT2D eigenvalue weighted by molar-refractivity contribution is 0.612. The maximum absolute atomic E-state index is 11.5. The van der Waals surface area contributed by atoms with Crippen molar-refractivity contribution in [2.45, 2.75) is 17.8 Å². The van der Waals surface area contributed by atoms with E-state index in [9.17, 15) is 8.42 Å². The molecule has 0 radical (unpaired) electrons. The molecular formula is C10H9BrN2O2S. The van der Waals surface area contributed by atoms with Crippen molar-refractivity contribution in [1.29, 1.82) is 0 Å². The van der Waals surface area contributed by atoms with Gasteiger partial charge in [-0.25, -0.2) is 13.4 Å². The zero-order valence-electron chi connectivity index (χ0n) is 8.27. The van der Waals surface area contributed by atoms with Crippen LogP contribution in [0.5, 0.6) is 0 Å². The first-order valence-corrected chi connectivity index (χ1v) is 7.46. The second-order valence-corrected chi connectivity index (χ2v) is 6.69. The van der Waals surface area contributed by atoms with Crippen LogP contribution >= 0.6 is 15.9 Å². The van der Waals surface area contributed by atoms with Crippen LogP contribution in [0.1, 0.15) is 12.8 Å². The number of aliphatic imine (C=N–C) groups is 1. The molecule has 0 spiro atoms. The summed E-state index contributed by atoms with van der Waals surface area (Å²) in [5.74, 6) is 0.802. The number of alkyl halides is 1. The van der Waals surface area contributed by atoms with E-state index in [1.165, 1.54) is 10.8 Å². The molecule has 0 aromatic rings. The summed E-state index contributed by atoms with van der Waals surface area (Å²) < 4.78 is 22.9. The summed E-state index contributed by atoms with van der Waals surface area (Å²) in [5.41, 5.74) is 2.51. The molecule has 1 atom stereocenters. The molecule has 0 aromatic heterocycles. The Balaban J connectivity index is 2.11. The molecule has 4 nitrogen and oxygen atoms in total. The van der Waals surface area contributed by atoms with E-state index in [1.807, 2.05) is 0 Å². The summed E-state index contributed by atoms with van der Waals surface area (Å²) >= 11 is 3.48. The quantitative estimate of drug-likeness (QED) is 0.546. The Labute approximate surface area is 102 Å². The van der Waals surface area contributed by atoms with Gasteiger partial charge in [-0.15, -0.1) is 0 Å². The molecule has 3 aliphatic rings. The van der Waals surface area contributed by atoms with Crippen LogP contribution < -0.4 is 5.32 Å².